The van der Waals surface area contributed by atoms with E-state index in [1.54, 1.807) is 4.90 Å². The quantitative estimate of drug-likeness (QED) is 0.861. The summed E-state index contributed by atoms with van der Waals surface area (Å²) in [6.07, 6.45) is 4.11. The fourth-order valence-corrected chi connectivity index (χ4v) is 2.47. The molecule has 1 aliphatic heterocycles. The molecule has 0 aliphatic carbocycles. The van der Waals surface area contributed by atoms with Crippen molar-refractivity contribution in [3.8, 4) is 0 Å². The Bertz CT molecular complexity index is 417. The molecule has 4 heteroatoms. The largest absolute Gasteiger partial charge is 0.394 e. The van der Waals surface area contributed by atoms with Crippen LogP contribution < -0.4 is 5.32 Å². The number of amides is 2. The molecule has 2 N–H and O–H groups in total. The molecular formula is C15H22N2O2. The van der Waals surface area contributed by atoms with Crippen molar-refractivity contribution in [1.29, 1.82) is 0 Å². The minimum absolute atomic E-state index is 0.0430. The second-order valence-corrected chi connectivity index (χ2v) is 5.18. The Morgan fingerprint density at radius 2 is 2.05 bits per heavy atom. The molecule has 4 nitrogen and oxygen atoms in total. The van der Waals surface area contributed by atoms with Gasteiger partial charge in [-0.3, -0.25) is 0 Å². The van der Waals surface area contributed by atoms with Gasteiger partial charge >= 0.3 is 6.03 Å². The van der Waals surface area contributed by atoms with E-state index in [0.717, 1.165) is 37.9 Å². The molecule has 1 aromatic carbocycles. The number of nitrogens with one attached hydrogen (secondary N) is 1. The van der Waals surface area contributed by atoms with Crippen LogP contribution in [-0.4, -0.2) is 35.2 Å². The van der Waals surface area contributed by atoms with Gasteiger partial charge < -0.3 is 15.3 Å². The first kappa shape index (κ1) is 13.9. The van der Waals surface area contributed by atoms with Crippen LogP contribution in [0.3, 0.4) is 0 Å². The first-order valence-electron chi connectivity index (χ1n) is 6.96. The number of urea groups is 1. The molecule has 104 valence electrons. The molecule has 0 spiro atoms. The topological polar surface area (TPSA) is 52.6 Å². The first-order valence-corrected chi connectivity index (χ1v) is 6.96. The van der Waals surface area contributed by atoms with Gasteiger partial charge in [-0.1, -0.05) is 30.5 Å². The summed E-state index contributed by atoms with van der Waals surface area (Å²) in [7, 11) is 0. The molecule has 2 rings (SSSR count). The van der Waals surface area contributed by atoms with Gasteiger partial charge in [0.15, 0.2) is 0 Å². The minimum atomic E-state index is -0.107. The highest BCUT2D eigenvalue weighted by Gasteiger charge is 2.24. The van der Waals surface area contributed by atoms with Crippen LogP contribution in [0.5, 0.6) is 0 Å². The highest BCUT2D eigenvalue weighted by Crippen LogP contribution is 2.18. The number of nitrogens with zero attached hydrogens (tertiary/aromatic N) is 1. The van der Waals surface area contributed by atoms with Crippen LogP contribution in [0.25, 0.3) is 0 Å². The van der Waals surface area contributed by atoms with Crippen molar-refractivity contribution in [1.82, 2.24) is 4.90 Å². The number of aliphatic hydroxyl groups excluding tert-OH is 1. The van der Waals surface area contributed by atoms with E-state index in [1.165, 1.54) is 5.56 Å². The van der Waals surface area contributed by atoms with E-state index in [2.05, 4.69) is 5.32 Å². The first-order chi connectivity index (χ1) is 9.20. The predicted molar refractivity (Wildman–Crippen MR) is 76.2 cm³/mol. The fraction of sp³-hybridized carbons (Fsp3) is 0.533. The molecule has 0 aromatic heterocycles. The summed E-state index contributed by atoms with van der Waals surface area (Å²) in [5, 5.41) is 12.3. The van der Waals surface area contributed by atoms with Crippen molar-refractivity contribution in [2.24, 2.45) is 0 Å². The number of anilines is 1. The summed E-state index contributed by atoms with van der Waals surface area (Å²) < 4.78 is 0. The molecule has 1 atom stereocenters. The standard InChI is InChI=1S/C15H22N2O2/c1-12-6-8-13(9-7-12)16-15(19)17-10-4-2-3-5-14(17)11-18/h6-9,14,18H,2-5,10-11H2,1H3,(H,16,19). The predicted octanol–water partition coefficient (Wildman–Crippen LogP) is 2.76. The van der Waals surface area contributed by atoms with Crippen molar-refractivity contribution in [2.45, 2.75) is 38.6 Å². The second kappa shape index (κ2) is 6.57. The number of rotatable bonds is 2. The lowest BCUT2D eigenvalue weighted by atomic mass is 10.1. The molecule has 1 saturated heterocycles. The number of aryl methyl sites for hydroxylation is 1. The summed E-state index contributed by atoms with van der Waals surface area (Å²) in [5.41, 5.74) is 1.97. The van der Waals surface area contributed by atoms with Crippen LogP contribution in [0.4, 0.5) is 10.5 Å². The van der Waals surface area contributed by atoms with Crippen molar-refractivity contribution in [2.75, 3.05) is 18.5 Å². The summed E-state index contributed by atoms with van der Waals surface area (Å²) in [6.45, 7) is 2.78. The lowest BCUT2D eigenvalue weighted by Crippen LogP contribution is -2.44. The Kier molecular flexibility index (Phi) is 4.80. The van der Waals surface area contributed by atoms with Gasteiger partial charge in [0, 0.05) is 12.2 Å². The van der Waals surface area contributed by atoms with E-state index in [1.807, 2.05) is 31.2 Å². The zero-order valence-electron chi connectivity index (χ0n) is 11.4. The average molecular weight is 262 g/mol. The van der Waals surface area contributed by atoms with E-state index < -0.39 is 0 Å². The van der Waals surface area contributed by atoms with Gasteiger partial charge in [0.05, 0.1) is 12.6 Å². The third kappa shape index (κ3) is 3.70. The van der Waals surface area contributed by atoms with Crippen molar-refractivity contribution in [3.63, 3.8) is 0 Å². The molecule has 0 bridgehead atoms. The number of aliphatic hydroxyl groups is 1. The van der Waals surface area contributed by atoms with Crippen LogP contribution >= 0.6 is 0 Å². The molecule has 0 saturated carbocycles. The second-order valence-electron chi connectivity index (χ2n) is 5.18. The Morgan fingerprint density at radius 3 is 2.74 bits per heavy atom. The molecule has 1 heterocycles. The highest BCUT2D eigenvalue weighted by molar-refractivity contribution is 5.89. The van der Waals surface area contributed by atoms with Gasteiger partial charge in [0.2, 0.25) is 0 Å². The van der Waals surface area contributed by atoms with E-state index >= 15 is 0 Å². The van der Waals surface area contributed by atoms with Crippen LogP contribution in [0, 0.1) is 6.92 Å². The number of likely N-dealkylation sites (tertiary alicyclic amines) is 1. The maximum absolute atomic E-state index is 12.3. The smallest absolute Gasteiger partial charge is 0.322 e. The minimum Gasteiger partial charge on any atom is -0.394 e. The third-order valence-corrected chi connectivity index (χ3v) is 3.65. The molecule has 1 unspecified atom stereocenters. The molecule has 0 radical (unpaired) electrons. The fourth-order valence-electron chi connectivity index (χ4n) is 2.47. The van der Waals surface area contributed by atoms with Crippen LogP contribution in [0.2, 0.25) is 0 Å². The van der Waals surface area contributed by atoms with Crippen LogP contribution in [-0.2, 0) is 0 Å². The van der Waals surface area contributed by atoms with Crippen molar-refractivity contribution >= 4 is 11.7 Å². The maximum Gasteiger partial charge on any atom is 0.322 e. The molecule has 1 aromatic rings. The number of hydrogen-bond acceptors (Lipinski definition) is 2. The van der Waals surface area contributed by atoms with Gasteiger partial charge in [-0.05, 0) is 31.9 Å². The van der Waals surface area contributed by atoms with E-state index in [4.69, 9.17) is 0 Å². The lowest BCUT2D eigenvalue weighted by Gasteiger charge is -2.28. The van der Waals surface area contributed by atoms with Gasteiger partial charge in [-0.2, -0.15) is 0 Å². The summed E-state index contributed by atoms with van der Waals surface area (Å²) in [5.74, 6) is 0. The zero-order valence-corrected chi connectivity index (χ0v) is 11.4. The lowest BCUT2D eigenvalue weighted by molar-refractivity contribution is 0.142. The number of carbonyl (C=O) groups excluding carboxylic acids is 1. The SMILES string of the molecule is Cc1ccc(NC(=O)N2CCCCCC2CO)cc1. The van der Waals surface area contributed by atoms with Crippen LogP contribution in [0.1, 0.15) is 31.2 Å². The summed E-state index contributed by atoms with van der Waals surface area (Å²) in [4.78, 5) is 14.0. The molecule has 1 aliphatic rings. The Morgan fingerprint density at radius 1 is 1.32 bits per heavy atom. The van der Waals surface area contributed by atoms with Gasteiger partial charge in [0.25, 0.3) is 0 Å². The van der Waals surface area contributed by atoms with Crippen molar-refractivity contribution in [3.05, 3.63) is 29.8 Å². The number of hydrogen-bond donors (Lipinski definition) is 2. The molecule has 19 heavy (non-hydrogen) atoms. The molecular weight excluding hydrogens is 240 g/mol. The third-order valence-electron chi connectivity index (χ3n) is 3.65. The summed E-state index contributed by atoms with van der Waals surface area (Å²) >= 11 is 0. The van der Waals surface area contributed by atoms with Gasteiger partial charge in [-0.15, -0.1) is 0 Å². The summed E-state index contributed by atoms with van der Waals surface area (Å²) in [6, 6.07) is 7.60. The molecule has 2 amide bonds. The van der Waals surface area contributed by atoms with E-state index in [9.17, 15) is 9.90 Å². The average Bonchev–Trinajstić information content (AvgIpc) is 2.66. The Hall–Kier alpha value is -1.55. The van der Waals surface area contributed by atoms with Gasteiger partial charge in [0.1, 0.15) is 0 Å². The highest BCUT2D eigenvalue weighted by atomic mass is 16.3. The van der Waals surface area contributed by atoms with Gasteiger partial charge in [-0.25, -0.2) is 4.79 Å². The van der Waals surface area contributed by atoms with E-state index in [0.29, 0.717) is 0 Å². The number of benzene rings is 1. The monoisotopic (exact) mass is 262 g/mol. The van der Waals surface area contributed by atoms with Crippen molar-refractivity contribution < 1.29 is 9.90 Å². The molecule has 1 fully saturated rings. The van der Waals surface area contributed by atoms with Crippen LogP contribution in [0.15, 0.2) is 24.3 Å². The van der Waals surface area contributed by atoms with E-state index in [-0.39, 0.29) is 18.7 Å². The maximum atomic E-state index is 12.3. The normalized spacial score (nSPS) is 19.9. The Labute approximate surface area is 114 Å². The number of carbonyl (C=O) groups is 1. The zero-order chi connectivity index (χ0) is 13.7. The Balaban J connectivity index is 2.02.